The van der Waals surface area contributed by atoms with Gasteiger partial charge < -0.3 is 15.8 Å². The van der Waals surface area contributed by atoms with Crippen LogP contribution < -0.4 is 11.1 Å². The van der Waals surface area contributed by atoms with E-state index in [1.807, 2.05) is 12.1 Å². The van der Waals surface area contributed by atoms with Gasteiger partial charge in [0.2, 0.25) is 0 Å². The van der Waals surface area contributed by atoms with Crippen LogP contribution in [0.15, 0.2) is 18.3 Å². The highest BCUT2D eigenvalue weighted by molar-refractivity contribution is 5.36. The number of anilines is 1. The Morgan fingerprint density at radius 2 is 2.47 bits per heavy atom. The maximum Gasteiger partial charge on any atom is 0.148 e. The Morgan fingerprint density at radius 1 is 1.53 bits per heavy atom. The van der Waals surface area contributed by atoms with Crippen LogP contribution in [0.2, 0.25) is 0 Å². The standard InChI is InChI=1S/C10H14N4O/c11-8-6-3-5-15-10(6)9(8)13-7-2-1-4-12-14-7/h1-2,4,6,8-10H,3,5,11H2,(H,13,14). The molecule has 3 N–H and O–H groups in total. The summed E-state index contributed by atoms with van der Waals surface area (Å²) >= 11 is 0. The quantitative estimate of drug-likeness (QED) is 0.712. The van der Waals surface area contributed by atoms with Gasteiger partial charge in [-0.1, -0.05) is 0 Å². The molecule has 0 aromatic carbocycles. The zero-order valence-corrected chi connectivity index (χ0v) is 8.34. The molecule has 5 heteroatoms. The van der Waals surface area contributed by atoms with Crippen molar-refractivity contribution in [2.24, 2.45) is 11.7 Å². The summed E-state index contributed by atoms with van der Waals surface area (Å²) in [5.74, 6) is 1.30. The van der Waals surface area contributed by atoms with E-state index in [0.29, 0.717) is 5.92 Å². The van der Waals surface area contributed by atoms with Crippen molar-refractivity contribution in [3.63, 3.8) is 0 Å². The first-order valence-corrected chi connectivity index (χ1v) is 5.28. The summed E-state index contributed by atoms with van der Waals surface area (Å²) in [5, 5.41) is 11.1. The van der Waals surface area contributed by atoms with Gasteiger partial charge in [-0.3, -0.25) is 0 Å². The summed E-state index contributed by atoms with van der Waals surface area (Å²) < 4.78 is 5.62. The summed E-state index contributed by atoms with van der Waals surface area (Å²) in [4.78, 5) is 0. The molecule has 1 saturated heterocycles. The molecule has 0 radical (unpaired) electrons. The molecule has 2 aliphatic rings. The second-order valence-electron chi connectivity index (χ2n) is 4.14. The highest BCUT2D eigenvalue weighted by atomic mass is 16.5. The minimum absolute atomic E-state index is 0.180. The smallest absolute Gasteiger partial charge is 0.148 e. The first-order chi connectivity index (χ1) is 7.36. The molecule has 0 spiro atoms. The van der Waals surface area contributed by atoms with Crippen molar-refractivity contribution < 1.29 is 4.74 Å². The second-order valence-corrected chi connectivity index (χ2v) is 4.14. The molecule has 1 aromatic rings. The maximum absolute atomic E-state index is 6.07. The molecule has 15 heavy (non-hydrogen) atoms. The average molecular weight is 206 g/mol. The third-order valence-corrected chi connectivity index (χ3v) is 3.33. The van der Waals surface area contributed by atoms with Crippen molar-refractivity contribution in [3.05, 3.63) is 18.3 Å². The van der Waals surface area contributed by atoms with E-state index in [9.17, 15) is 0 Å². The van der Waals surface area contributed by atoms with E-state index >= 15 is 0 Å². The van der Waals surface area contributed by atoms with Gasteiger partial charge in [-0.25, -0.2) is 0 Å². The number of aromatic nitrogens is 2. The normalized spacial score (nSPS) is 38.2. The fourth-order valence-corrected chi connectivity index (χ4v) is 2.48. The van der Waals surface area contributed by atoms with Crippen LogP contribution in [0, 0.1) is 5.92 Å². The second kappa shape index (κ2) is 3.43. The molecule has 80 valence electrons. The van der Waals surface area contributed by atoms with Gasteiger partial charge in [-0.15, -0.1) is 5.10 Å². The first kappa shape index (κ1) is 9.06. The first-order valence-electron chi connectivity index (χ1n) is 5.28. The lowest BCUT2D eigenvalue weighted by Gasteiger charge is -2.45. The zero-order chi connectivity index (χ0) is 10.3. The monoisotopic (exact) mass is 206 g/mol. The zero-order valence-electron chi connectivity index (χ0n) is 8.34. The third kappa shape index (κ3) is 1.39. The fraction of sp³-hybridized carbons (Fsp3) is 0.600. The van der Waals surface area contributed by atoms with E-state index in [-0.39, 0.29) is 18.2 Å². The molecule has 1 aliphatic carbocycles. The number of ether oxygens (including phenoxy) is 1. The number of fused-ring (bicyclic) bond motifs is 1. The van der Waals surface area contributed by atoms with Gasteiger partial charge in [-0.2, -0.15) is 5.10 Å². The summed E-state index contributed by atoms with van der Waals surface area (Å²) in [6, 6.07) is 4.11. The summed E-state index contributed by atoms with van der Waals surface area (Å²) in [6.45, 7) is 0.835. The molecule has 2 fully saturated rings. The van der Waals surface area contributed by atoms with E-state index in [0.717, 1.165) is 18.8 Å². The number of hydrogen-bond acceptors (Lipinski definition) is 5. The Labute approximate surface area is 88.0 Å². The minimum Gasteiger partial charge on any atom is -0.376 e. The lowest BCUT2D eigenvalue weighted by Crippen LogP contribution is -2.65. The van der Waals surface area contributed by atoms with Gasteiger partial charge in [0.05, 0.1) is 12.1 Å². The molecule has 2 heterocycles. The molecule has 1 aliphatic heterocycles. The lowest BCUT2D eigenvalue weighted by atomic mass is 9.72. The average Bonchev–Trinajstić information content (AvgIpc) is 2.72. The maximum atomic E-state index is 6.07. The Bertz CT molecular complexity index is 345. The predicted molar refractivity (Wildman–Crippen MR) is 55.3 cm³/mol. The minimum atomic E-state index is 0.180. The molecular formula is C10H14N4O. The van der Waals surface area contributed by atoms with Crippen LogP contribution in [0.3, 0.4) is 0 Å². The van der Waals surface area contributed by atoms with Gasteiger partial charge >= 0.3 is 0 Å². The van der Waals surface area contributed by atoms with Crippen molar-refractivity contribution in [1.82, 2.24) is 10.2 Å². The Morgan fingerprint density at radius 3 is 3.27 bits per heavy atom. The molecular weight excluding hydrogens is 192 g/mol. The van der Waals surface area contributed by atoms with Gasteiger partial charge in [0.1, 0.15) is 5.82 Å². The molecule has 1 saturated carbocycles. The third-order valence-electron chi connectivity index (χ3n) is 3.33. The van der Waals surface area contributed by atoms with Gasteiger partial charge in [0.15, 0.2) is 0 Å². The van der Waals surface area contributed by atoms with Gasteiger partial charge in [0.25, 0.3) is 0 Å². The van der Waals surface area contributed by atoms with Gasteiger partial charge in [0, 0.05) is 24.8 Å². The number of nitrogens with two attached hydrogens (primary N) is 1. The molecule has 4 atom stereocenters. The number of nitrogens with one attached hydrogen (secondary N) is 1. The van der Waals surface area contributed by atoms with E-state index < -0.39 is 0 Å². The number of hydrogen-bond donors (Lipinski definition) is 2. The molecule has 5 nitrogen and oxygen atoms in total. The summed E-state index contributed by atoms with van der Waals surface area (Å²) in [6.07, 6.45) is 3.01. The van der Waals surface area contributed by atoms with E-state index in [4.69, 9.17) is 10.5 Å². The Balaban J connectivity index is 1.69. The Kier molecular flexibility index (Phi) is 2.07. The molecule has 0 bridgehead atoms. The van der Waals surface area contributed by atoms with E-state index in [1.54, 1.807) is 6.20 Å². The van der Waals surface area contributed by atoms with Gasteiger partial charge in [-0.05, 0) is 18.6 Å². The van der Waals surface area contributed by atoms with Crippen LogP contribution in [0.4, 0.5) is 5.82 Å². The van der Waals surface area contributed by atoms with Crippen molar-refractivity contribution in [2.75, 3.05) is 11.9 Å². The van der Waals surface area contributed by atoms with Crippen LogP contribution in [0.1, 0.15) is 6.42 Å². The van der Waals surface area contributed by atoms with Crippen LogP contribution in [-0.2, 0) is 4.74 Å². The van der Waals surface area contributed by atoms with Crippen molar-refractivity contribution in [2.45, 2.75) is 24.6 Å². The largest absolute Gasteiger partial charge is 0.376 e. The van der Waals surface area contributed by atoms with Crippen molar-refractivity contribution in [1.29, 1.82) is 0 Å². The molecule has 0 amide bonds. The molecule has 3 rings (SSSR count). The van der Waals surface area contributed by atoms with Crippen LogP contribution in [0.5, 0.6) is 0 Å². The fourth-order valence-electron chi connectivity index (χ4n) is 2.48. The highest BCUT2D eigenvalue weighted by Gasteiger charge is 2.52. The van der Waals surface area contributed by atoms with Crippen LogP contribution in [0.25, 0.3) is 0 Å². The topological polar surface area (TPSA) is 73.1 Å². The molecule has 1 aromatic heterocycles. The van der Waals surface area contributed by atoms with Crippen molar-refractivity contribution in [3.8, 4) is 0 Å². The summed E-state index contributed by atoms with van der Waals surface area (Å²) in [5.41, 5.74) is 6.07. The van der Waals surface area contributed by atoms with E-state index in [1.165, 1.54) is 0 Å². The van der Waals surface area contributed by atoms with Crippen LogP contribution >= 0.6 is 0 Å². The lowest BCUT2D eigenvalue weighted by molar-refractivity contribution is 0.00521. The highest BCUT2D eigenvalue weighted by Crippen LogP contribution is 2.38. The number of nitrogens with zero attached hydrogens (tertiary/aromatic N) is 2. The number of rotatable bonds is 2. The van der Waals surface area contributed by atoms with Crippen LogP contribution in [-0.4, -0.2) is 35.0 Å². The Hall–Kier alpha value is -1.20. The van der Waals surface area contributed by atoms with E-state index in [2.05, 4.69) is 15.5 Å². The molecule has 4 unspecified atom stereocenters. The van der Waals surface area contributed by atoms with Crippen molar-refractivity contribution >= 4 is 5.82 Å². The SMILES string of the molecule is NC1C2CCOC2C1Nc1cccnn1. The predicted octanol–water partition coefficient (Wildman–Crippen LogP) is 0.00310. The summed E-state index contributed by atoms with van der Waals surface area (Å²) in [7, 11) is 0.